The first kappa shape index (κ1) is 18.3. The zero-order valence-corrected chi connectivity index (χ0v) is 15.6. The number of hydrogen-bond donors (Lipinski definition) is 0. The molecule has 0 unspecified atom stereocenters. The van der Waals surface area contributed by atoms with E-state index >= 15 is 0 Å². The van der Waals surface area contributed by atoms with Crippen LogP contribution in [0.4, 0.5) is 5.82 Å². The molecule has 0 radical (unpaired) electrons. The molecule has 0 N–H and O–H groups in total. The summed E-state index contributed by atoms with van der Waals surface area (Å²) < 4.78 is 5.31. The van der Waals surface area contributed by atoms with Crippen LogP contribution >= 0.6 is 0 Å². The molecule has 3 heterocycles. The first-order chi connectivity index (χ1) is 12.6. The van der Waals surface area contributed by atoms with Gasteiger partial charge in [0.25, 0.3) is 0 Å². The molecule has 2 aromatic rings. The van der Waals surface area contributed by atoms with Crippen molar-refractivity contribution in [3.63, 3.8) is 0 Å². The fourth-order valence-corrected chi connectivity index (χ4v) is 3.09. The van der Waals surface area contributed by atoms with Crippen molar-refractivity contribution in [3.05, 3.63) is 35.8 Å². The van der Waals surface area contributed by atoms with Gasteiger partial charge in [0, 0.05) is 50.8 Å². The fourth-order valence-electron chi connectivity index (χ4n) is 3.09. The van der Waals surface area contributed by atoms with Crippen LogP contribution in [0.2, 0.25) is 0 Å². The third-order valence-corrected chi connectivity index (χ3v) is 4.42. The predicted molar refractivity (Wildman–Crippen MR) is 99.8 cm³/mol. The number of pyridine rings is 1. The summed E-state index contributed by atoms with van der Waals surface area (Å²) in [6.07, 6.45) is 4.64. The van der Waals surface area contributed by atoms with Crippen molar-refractivity contribution >= 4 is 11.7 Å². The highest BCUT2D eigenvalue weighted by molar-refractivity contribution is 5.77. The topological polar surface area (TPSA) is 71.5 Å². The molecule has 0 aliphatic carbocycles. The summed E-state index contributed by atoms with van der Waals surface area (Å²) in [5.74, 6) is 1.70. The first-order valence-electron chi connectivity index (χ1n) is 8.93. The third kappa shape index (κ3) is 3.99. The van der Waals surface area contributed by atoms with Crippen LogP contribution in [-0.2, 0) is 22.5 Å². The lowest BCUT2D eigenvalue weighted by atomic mass is 10.0. The van der Waals surface area contributed by atoms with Gasteiger partial charge in [-0.2, -0.15) is 0 Å². The maximum Gasteiger partial charge on any atom is 0.225 e. The molecule has 0 bridgehead atoms. The van der Waals surface area contributed by atoms with Crippen molar-refractivity contribution in [1.29, 1.82) is 0 Å². The van der Waals surface area contributed by atoms with Gasteiger partial charge in [-0.3, -0.25) is 9.78 Å². The largest absolute Gasteiger partial charge is 0.381 e. The number of ether oxygens (including phenoxy) is 1. The second-order valence-corrected chi connectivity index (χ2v) is 6.44. The fraction of sp³-hybridized carbons (Fsp3) is 0.474. The number of rotatable bonds is 6. The minimum absolute atomic E-state index is 0.111. The standard InChI is InChI=1S/C19H25N5O2/c1-4-26-12-8-17(25)24-11-7-15-16(13-24)21-18(22-19(15)23(2)3)14-5-9-20-10-6-14/h5-6,9-10H,4,7-8,11-13H2,1-3H3. The lowest BCUT2D eigenvalue weighted by Gasteiger charge is -2.30. The van der Waals surface area contributed by atoms with Crippen molar-refractivity contribution in [3.8, 4) is 11.4 Å². The SMILES string of the molecule is CCOCCC(=O)N1CCc2c(nc(-c3ccncc3)nc2N(C)C)C1. The molecule has 1 aliphatic heterocycles. The van der Waals surface area contributed by atoms with E-state index in [2.05, 4.69) is 4.98 Å². The molecule has 1 aliphatic rings. The Morgan fingerprint density at radius 2 is 2.04 bits per heavy atom. The molecular formula is C19H25N5O2. The number of aromatic nitrogens is 3. The van der Waals surface area contributed by atoms with Crippen LogP contribution in [0.5, 0.6) is 0 Å². The summed E-state index contributed by atoms with van der Waals surface area (Å²) in [7, 11) is 3.97. The maximum atomic E-state index is 12.4. The van der Waals surface area contributed by atoms with Crippen LogP contribution in [0.1, 0.15) is 24.6 Å². The molecule has 0 fully saturated rings. The van der Waals surface area contributed by atoms with Crippen molar-refractivity contribution in [1.82, 2.24) is 19.9 Å². The molecule has 138 valence electrons. The Bertz CT molecular complexity index is 764. The van der Waals surface area contributed by atoms with Crippen LogP contribution in [0, 0.1) is 0 Å². The number of fused-ring (bicyclic) bond motifs is 1. The predicted octanol–water partition coefficient (Wildman–Crippen LogP) is 1.92. The zero-order chi connectivity index (χ0) is 18.5. The van der Waals surface area contributed by atoms with Crippen LogP contribution in [0.15, 0.2) is 24.5 Å². The van der Waals surface area contributed by atoms with E-state index in [0.29, 0.717) is 38.5 Å². The number of hydrogen-bond acceptors (Lipinski definition) is 6. The number of nitrogens with zero attached hydrogens (tertiary/aromatic N) is 5. The summed E-state index contributed by atoms with van der Waals surface area (Å²) in [4.78, 5) is 29.9. The molecule has 3 rings (SSSR count). The van der Waals surface area contributed by atoms with Gasteiger partial charge in [0.05, 0.1) is 25.3 Å². The molecular weight excluding hydrogens is 330 g/mol. The monoisotopic (exact) mass is 355 g/mol. The summed E-state index contributed by atoms with van der Waals surface area (Å²) in [5.41, 5.74) is 2.97. The summed E-state index contributed by atoms with van der Waals surface area (Å²) >= 11 is 0. The Morgan fingerprint density at radius 3 is 2.73 bits per heavy atom. The van der Waals surface area contributed by atoms with Crippen molar-refractivity contribution in [2.24, 2.45) is 0 Å². The Morgan fingerprint density at radius 1 is 1.27 bits per heavy atom. The van der Waals surface area contributed by atoms with E-state index in [1.165, 1.54) is 0 Å². The van der Waals surface area contributed by atoms with E-state index in [-0.39, 0.29) is 5.91 Å². The smallest absolute Gasteiger partial charge is 0.225 e. The number of carbonyl (C=O) groups is 1. The van der Waals surface area contributed by atoms with Crippen LogP contribution in [0.25, 0.3) is 11.4 Å². The zero-order valence-electron chi connectivity index (χ0n) is 15.6. The lowest BCUT2D eigenvalue weighted by molar-refractivity contribution is -0.133. The lowest BCUT2D eigenvalue weighted by Crippen LogP contribution is -2.37. The van der Waals surface area contributed by atoms with Crippen molar-refractivity contribution in [2.75, 3.05) is 38.8 Å². The molecule has 0 aromatic carbocycles. The highest BCUT2D eigenvalue weighted by Crippen LogP contribution is 2.28. The van der Waals surface area contributed by atoms with Gasteiger partial charge in [0.15, 0.2) is 5.82 Å². The van der Waals surface area contributed by atoms with Gasteiger partial charge in [-0.15, -0.1) is 0 Å². The average Bonchev–Trinajstić information content (AvgIpc) is 2.67. The number of carbonyl (C=O) groups excluding carboxylic acids is 1. The minimum atomic E-state index is 0.111. The second kappa shape index (κ2) is 8.23. The van der Waals surface area contributed by atoms with E-state index in [1.54, 1.807) is 12.4 Å². The van der Waals surface area contributed by atoms with E-state index < -0.39 is 0 Å². The van der Waals surface area contributed by atoms with E-state index in [4.69, 9.17) is 14.7 Å². The van der Waals surface area contributed by atoms with Gasteiger partial charge in [-0.25, -0.2) is 9.97 Å². The van der Waals surface area contributed by atoms with Crippen molar-refractivity contribution < 1.29 is 9.53 Å². The quantitative estimate of drug-likeness (QED) is 0.737. The Balaban J connectivity index is 1.88. The average molecular weight is 355 g/mol. The minimum Gasteiger partial charge on any atom is -0.381 e. The number of anilines is 1. The summed E-state index contributed by atoms with van der Waals surface area (Å²) in [6, 6.07) is 3.80. The molecule has 0 atom stereocenters. The van der Waals surface area contributed by atoms with Gasteiger partial charge in [-0.05, 0) is 25.5 Å². The highest BCUT2D eigenvalue weighted by atomic mass is 16.5. The molecule has 0 spiro atoms. The normalized spacial score (nSPS) is 13.4. The molecule has 26 heavy (non-hydrogen) atoms. The molecule has 2 aromatic heterocycles. The Kier molecular flexibility index (Phi) is 5.78. The Hall–Kier alpha value is -2.54. The van der Waals surface area contributed by atoms with E-state index in [1.807, 2.05) is 43.0 Å². The van der Waals surface area contributed by atoms with E-state index in [9.17, 15) is 4.79 Å². The second-order valence-electron chi connectivity index (χ2n) is 6.44. The van der Waals surface area contributed by atoms with E-state index in [0.717, 1.165) is 29.1 Å². The molecule has 0 saturated carbocycles. The van der Waals surface area contributed by atoms with Crippen molar-refractivity contribution in [2.45, 2.75) is 26.3 Å². The van der Waals surface area contributed by atoms with Gasteiger partial charge in [-0.1, -0.05) is 0 Å². The third-order valence-electron chi connectivity index (χ3n) is 4.42. The molecule has 7 heteroatoms. The van der Waals surface area contributed by atoms with Crippen LogP contribution in [0.3, 0.4) is 0 Å². The first-order valence-corrected chi connectivity index (χ1v) is 8.93. The van der Waals surface area contributed by atoms with Gasteiger partial charge < -0.3 is 14.5 Å². The molecule has 1 amide bonds. The van der Waals surface area contributed by atoms with Crippen LogP contribution < -0.4 is 4.90 Å². The van der Waals surface area contributed by atoms with Crippen LogP contribution in [-0.4, -0.2) is 59.6 Å². The summed E-state index contributed by atoms with van der Waals surface area (Å²) in [6.45, 7) is 4.24. The Labute approximate surface area is 154 Å². The number of amides is 1. The molecule has 0 saturated heterocycles. The summed E-state index contributed by atoms with van der Waals surface area (Å²) in [5, 5.41) is 0. The highest BCUT2D eigenvalue weighted by Gasteiger charge is 2.26. The van der Waals surface area contributed by atoms with Gasteiger partial charge in [0.1, 0.15) is 5.82 Å². The van der Waals surface area contributed by atoms with Gasteiger partial charge >= 0.3 is 0 Å². The van der Waals surface area contributed by atoms with Gasteiger partial charge in [0.2, 0.25) is 5.91 Å². The maximum absolute atomic E-state index is 12.4. The molecule has 7 nitrogen and oxygen atoms in total.